The number of Topliss-reactive ketones (excluding diaryl/α,β-unsaturated/α-hetero) is 1. The maximum absolute atomic E-state index is 11.8. The number of aromatic nitrogens is 1. The monoisotopic (exact) mass is 255 g/mol. The molecule has 0 saturated carbocycles. The van der Waals surface area contributed by atoms with Crippen LogP contribution < -0.4 is 0 Å². The molecule has 0 atom stereocenters. The number of ether oxygens (including phenoxy) is 1. The molecular weight excluding hydrogens is 238 g/mol. The lowest BCUT2D eigenvalue weighted by Crippen LogP contribution is -2.27. The molecule has 0 unspecified atom stereocenters. The molecule has 1 rings (SSSR count). The maximum atomic E-state index is 11.8. The Morgan fingerprint density at radius 1 is 1.61 bits per heavy atom. The van der Waals surface area contributed by atoms with Gasteiger partial charge in [-0.2, -0.15) is 0 Å². The van der Waals surface area contributed by atoms with Crippen molar-refractivity contribution in [3.05, 3.63) is 28.1 Å². The van der Waals surface area contributed by atoms with Crippen LogP contribution in [0.2, 0.25) is 0 Å². The number of likely N-dealkylation sites (N-methyl/N-ethyl adjacent to an activating group) is 1. The summed E-state index contributed by atoms with van der Waals surface area (Å²) < 4.78 is 4.92. The van der Waals surface area contributed by atoms with Gasteiger partial charge in [0.05, 0.1) is 23.4 Å². The van der Waals surface area contributed by atoms with Gasteiger partial charge < -0.3 is 9.72 Å². The number of nitrogens with one attached hydrogen (secondary N) is 1. The molecule has 0 aliphatic carbocycles. The number of methoxy groups -OCH3 is 1. The largest absolute Gasteiger partial charge is 0.385 e. The van der Waals surface area contributed by atoms with Gasteiger partial charge in [0.2, 0.25) is 0 Å². The number of hydrogen-bond donors (Lipinski definition) is 1. The highest BCUT2D eigenvalue weighted by Crippen LogP contribution is 2.12. The highest BCUT2D eigenvalue weighted by Gasteiger charge is 2.15. The van der Waals surface area contributed by atoms with Crippen LogP contribution in [0.1, 0.15) is 16.9 Å². The fourth-order valence-corrected chi connectivity index (χ4v) is 1.54. The zero-order valence-corrected chi connectivity index (χ0v) is 10.5. The van der Waals surface area contributed by atoms with E-state index < -0.39 is 4.92 Å². The van der Waals surface area contributed by atoms with E-state index >= 15 is 0 Å². The first-order chi connectivity index (χ1) is 8.54. The molecule has 1 heterocycles. The topological polar surface area (TPSA) is 88.5 Å². The normalized spacial score (nSPS) is 10.8. The maximum Gasteiger partial charge on any atom is 0.287 e. The Kier molecular flexibility index (Phi) is 5.47. The van der Waals surface area contributed by atoms with Crippen molar-refractivity contribution in [2.45, 2.75) is 6.42 Å². The average molecular weight is 255 g/mol. The van der Waals surface area contributed by atoms with Crippen molar-refractivity contribution in [1.82, 2.24) is 9.88 Å². The number of carbonyl (C=O) groups is 1. The van der Waals surface area contributed by atoms with Gasteiger partial charge in [-0.1, -0.05) is 0 Å². The Labute approximate surface area is 105 Å². The SMILES string of the molecule is COCCCN(C)CC(=O)c1cc([N+](=O)[O-])c[nH]1. The highest BCUT2D eigenvalue weighted by atomic mass is 16.6. The third kappa shape index (κ3) is 4.27. The second-order valence-corrected chi connectivity index (χ2v) is 4.04. The molecule has 100 valence electrons. The number of carbonyl (C=O) groups excluding carboxylic acids is 1. The molecule has 7 heteroatoms. The predicted octanol–water partition coefficient (Wildman–Crippen LogP) is 1.07. The Morgan fingerprint density at radius 2 is 2.33 bits per heavy atom. The number of ketones is 1. The first kappa shape index (κ1) is 14.3. The van der Waals surface area contributed by atoms with E-state index in [1.54, 1.807) is 7.11 Å². The van der Waals surface area contributed by atoms with E-state index in [-0.39, 0.29) is 23.7 Å². The van der Waals surface area contributed by atoms with E-state index in [2.05, 4.69) is 4.98 Å². The molecule has 0 spiro atoms. The molecule has 1 N–H and O–H groups in total. The van der Waals surface area contributed by atoms with Crippen LogP contribution in [0.3, 0.4) is 0 Å². The molecule has 0 radical (unpaired) electrons. The minimum absolute atomic E-state index is 0.0969. The fourth-order valence-electron chi connectivity index (χ4n) is 1.54. The number of nitro groups is 1. The van der Waals surface area contributed by atoms with Gasteiger partial charge in [0, 0.05) is 26.3 Å². The summed E-state index contributed by atoms with van der Waals surface area (Å²) in [5.74, 6) is -0.164. The molecule has 1 aromatic rings. The highest BCUT2D eigenvalue weighted by molar-refractivity contribution is 5.96. The second kappa shape index (κ2) is 6.87. The van der Waals surface area contributed by atoms with Gasteiger partial charge in [0.25, 0.3) is 5.69 Å². The molecule has 0 aliphatic rings. The van der Waals surface area contributed by atoms with Crippen LogP contribution in [0.5, 0.6) is 0 Å². The lowest BCUT2D eigenvalue weighted by molar-refractivity contribution is -0.384. The number of H-pyrrole nitrogens is 1. The minimum atomic E-state index is -0.532. The van der Waals surface area contributed by atoms with Gasteiger partial charge >= 0.3 is 0 Å². The molecule has 0 fully saturated rings. The van der Waals surface area contributed by atoms with Gasteiger partial charge in [-0.05, 0) is 13.5 Å². The summed E-state index contributed by atoms with van der Waals surface area (Å²) in [6.45, 7) is 1.61. The van der Waals surface area contributed by atoms with Gasteiger partial charge in [-0.15, -0.1) is 0 Å². The standard InChI is InChI=1S/C11H17N3O4/c1-13(4-3-5-18-2)8-11(15)10-6-9(7-12-10)14(16)17/h6-7,12H,3-5,8H2,1-2H3. The molecule has 18 heavy (non-hydrogen) atoms. The van der Waals surface area contributed by atoms with Gasteiger partial charge in [0.1, 0.15) is 0 Å². The predicted molar refractivity (Wildman–Crippen MR) is 65.8 cm³/mol. The Morgan fingerprint density at radius 3 is 2.89 bits per heavy atom. The van der Waals surface area contributed by atoms with Gasteiger partial charge in [-0.3, -0.25) is 19.8 Å². The van der Waals surface area contributed by atoms with Crippen LogP contribution >= 0.6 is 0 Å². The molecular formula is C11H17N3O4. The summed E-state index contributed by atoms with van der Waals surface area (Å²) in [5, 5.41) is 10.5. The van der Waals surface area contributed by atoms with Crippen LogP contribution in [-0.4, -0.2) is 54.4 Å². The molecule has 0 amide bonds. The first-order valence-corrected chi connectivity index (χ1v) is 5.58. The zero-order valence-electron chi connectivity index (χ0n) is 10.5. The smallest absolute Gasteiger partial charge is 0.287 e. The lowest BCUT2D eigenvalue weighted by Gasteiger charge is -2.14. The molecule has 0 saturated heterocycles. The summed E-state index contributed by atoms with van der Waals surface area (Å²) in [4.78, 5) is 26.2. The van der Waals surface area contributed by atoms with Crippen LogP contribution in [0.15, 0.2) is 12.3 Å². The first-order valence-electron chi connectivity index (χ1n) is 5.58. The Balaban J connectivity index is 2.46. The van der Waals surface area contributed by atoms with Crippen molar-refractivity contribution in [2.24, 2.45) is 0 Å². The van der Waals surface area contributed by atoms with Crippen molar-refractivity contribution in [3.8, 4) is 0 Å². The Bertz CT molecular complexity index is 416. The van der Waals surface area contributed by atoms with Crippen molar-refractivity contribution in [1.29, 1.82) is 0 Å². The molecule has 1 aromatic heterocycles. The van der Waals surface area contributed by atoms with E-state index in [1.807, 2.05) is 11.9 Å². The van der Waals surface area contributed by atoms with Gasteiger partial charge in [-0.25, -0.2) is 0 Å². The molecule has 7 nitrogen and oxygen atoms in total. The summed E-state index contributed by atoms with van der Waals surface area (Å²) in [5.41, 5.74) is 0.167. The van der Waals surface area contributed by atoms with Crippen molar-refractivity contribution in [3.63, 3.8) is 0 Å². The summed E-state index contributed by atoms with van der Waals surface area (Å²) >= 11 is 0. The minimum Gasteiger partial charge on any atom is -0.385 e. The number of nitrogens with zero attached hydrogens (tertiary/aromatic N) is 2. The Hall–Kier alpha value is -1.73. The number of hydrogen-bond acceptors (Lipinski definition) is 5. The summed E-state index contributed by atoms with van der Waals surface area (Å²) in [6.07, 6.45) is 2.06. The van der Waals surface area contributed by atoms with Crippen LogP contribution in [-0.2, 0) is 4.74 Å². The van der Waals surface area contributed by atoms with Crippen molar-refractivity contribution < 1.29 is 14.5 Å². The number of rotatable bonds is 8. The molecule has 0 aromatic carbocycles. The van der Waals surface area contributed by atoms with Gasteiger partial charge in [0.15, 0.2) is 5.78 Å². The molecule has 0 aliphatic heterocycles. The van der Waals surface area contributed by atoms with E-state index in [1.165, 1.54) is 12.3 Å². The quantitative estimate of drug-likeness (QED) is 0.325. The average Bonchev–Trinajstić information content (AvgIpc) is 2.78. The van der Waals surface area contributed by atoms with Crippen LogP contribution in [0.25, 0.3) is 0 Å². The zero-order chi connectivity index (χ0) is 13.5. The fraction of sp³-hybridized carbons (Fsp3) is 0.545. The number of aromatic amines is 1. The van der Waals surface area contributed by atoms with E-state index in [4.69, 9.17) is 4.74 Å². The summed E-state index contributed by atoms with van der Waals surface area (Å²) in [6, 6.07) is 1.26. The van der Waals surface area contributed by atoms with Crippen LogP contribution in [0, 0.1) is 10.1 Å². The molecule has 0 bridgehead atoms. The van der Waals surface area contributed by atoms with E-state index in [0.717, 1.165) is 13.0 Å². The van der Waals surface area contributed by atoms with E-state index in [9.17, 15) is 14.9 Å². The second-order valence-electron chi connectivity index (χ2n) is 4.04. The van der Waals surface area contributed by atoms with Crippen molar-refractivity contribution in [2.75, 3.05) is 33.9 Å². The third-order valence-electron chi connectivity index (χ3n) is 2.48. The lowest BCUT2D eigenvalue weighted by atomic mass is 10.2. The summed E-state index contributed by atoms with van der Waals surface area (Å²) in [7, 11) is 3.45. The van der Waals surface area contributed by atoms with E-state index in [0.29, 0.717) is 6.61 Å². The third-order valence-corrected chi connectivity index (χ3v) is 2.48. The van der Waals surface area contributed by atoms with Crippen molar-refractivity contribution >= 4 is 11.5 Å². The van der Waals surface area contributed by atoms with Crippen LogP contribution in [0.4, 0.5) is 5.69 Å².